The Morgan fingerprint density at radius 3 is 2.23 bits per heavy atom. The van der Waals surface area contributed by atoms with Gasteiger partial charge in [-0.05, 0) is 60.5 Å². The van der Waals surface area contributed by atoms with Crippen LogP contribution in [-0.4, -0.2) is 40.7 Å². The third-order valence-electron chi connectivity index (χ3n) is 3.07. The molecule has 5 heteroatoms. The van der Waals surface area contributed by atoms with E-state index in [9.17, 15) is 9.90 Å². The topological polar surface area (TPSA) is 67.8 Å². The van der Waals surface area contributed by atoms with E-state index in [4.69, 9.17) is 9.47 Å². The van der Waals surface area contributed by atoms with Crippen molar-refractivity contribution in [1.82, 2.24) is 5.32 Å². The van der Waals surface area contributed by atoms with Gasteiger partial charge in [-0.3, -0.25) is 0 Å². The van der Waals surface area contributed by atoms with E-state index >= 15 is 0 Å². The van der Waals surface area contributed by atoms with Gasteiger partial charge < -0.3 is 19.9 Å². The molecule has 0 fully saturated rings. The standard InChI is InChI=1S/C17H31NO4/c1-16(2,3)18-15(20)21-14-10-9-13(22-17(4,5)6)8-7-12(19)11-14/h9-10,12-14,19H,7-8,11H2,1-6H3,(H,18,20)/b10-9+. The smallest absolute Gasteiger partial charge is 0.408 e. The number of rotatable bonds is 2. The Labute approximate surface area is 134 Å². The van der Waals surface area contributed by atoms with Crippen LogP contribution in [0.4, 0.5) is 4.79 Å². The summed E-state index contributed by atoms with van der Waals surface area (Å²) in [6.07, 6.45) is 4.08. The zero-order chi connectivity index (χ0) is 17.0. The van der Waals surface area contributed by atoms with Gasteiger partial charge in [0.05, 0.1) is 17.8 Å². The van der Waals surface area contributed by atoms with E-state index in [1.165, 1.54) is 0 Å². The molecule has 0 radical (unpaired) electrons. The minimum absolute atomic E-state index is 0.0771. The molecule has 0 aromatic rings. The van der Waals surface area contributed by atoms with Crippen molar-refractivity contribution in [2.24, 2.45) is 0 Å². The lowest BCUT2D eigenvalue weighted by atomic mass is 9.99. The zero-order valence-electron chi connectivity index (χ0n) is 14.7. The van der Waals surface area contributed by atoms with Gasteiger partial charge in [0.1, 0.15) is 6.10 Å². The average molecular weight is 313 g/mol. The highest BCUT2D eigenvalue weighted by Gasteiger charge is 2.24. The second kappa shape index (κ2) is 7.47. The summed E-state index contributed by atoms with van der Waals surface area (Å²) in [5, 5.41) is 12.8. The van der Waals surface area contributed by atoms with Crippen molar-refractivity contribution in [2.75, 3.05) is 0 Å². The molecule has 1 aliphatic rings. The van der Waals surface area contributed by atoms with Crippen LogP contribution in [0.1, 0.15) is 60.8 Å². The van der Waals surface area contributed by atoms with Crippen LogP contribution in [0.25, 0.3) is 0 Å². The second-order valence-corrected chi connectivity index (χ2v) is 7.94. The molecule has 5 nitrogen and oxygen atoms in total. The third kappa shape index (κ3) is 8.39. The molecule has 0 bridgehead atoms. The molecule has 0 saturated heterocycles. The molecule has 0 aromatic carbocycles. The van der Waals surface area contributed by atoms with Gasteiger partial charge in [-0.15, -0.1) is 0 Å². The predicted molar refractivity (Wildman–Crippen MR) is 86.8 cm³/mol. The number of aliphatic hydroxyl groups excluding tert-OH is 1. The fourth-order valence-corrected chi connectivity index (χ4v) is 2.28. The summed E-state index contributed by atoms with van der Waals surface area (Å²) in [6, 6.07) is 0. The highest BCUT2D eigenvalue weighted by Crippen LogP contribution is 2.21. The Bertz CT molecular complexity index is 392. The molecule has 2 N–H and O–H groups in total. The van der Waals surface area contributed by atoms with Crippen LogP contribution in [-0.2, 0) is 9.47 Å². The molecule has 0 saturated carbocycles. The van der Waals surface area contributed by atoms with E-state index in [1.54, 1.807) is 0 Å². The molecule has 0 aliphatic heterocycles. The van der Waals surface area contributed by atoms with Crippen LogP contribution in [0, 0.1) is 0 Å². The van der Waals surface area contributed by atoms with E-state index in [2.05, 4.69) is 5.32 Å². The van der Waals surface area contributed by atoms with Crippen molar-refractivity contribution in [3.05, 3.63) is 12.2 Å². The van der Waals surface area contributed by atoms with Gasteiger partial charge in [-0.2, -0.15) is 0 Å². The van der Waals surface area contributed by atoms with Crippen LogP contribution < -0.4 is 5.32 Å². The maximum atomic E-state index is 11.9. The molecule has 1 amide bonds. The minimum atomic E-state index is -0.497. The number of carbonyl (C=O) groups is 1. The first-order valence-corrected chi connectivity index (χ1v) is 7.97. The molecule has 0 heterocycles. The van der Waals surface area contributed by atoms with Gasteiger partial charge in [0, 0.05) is 12.0 Å². The van der Waals surface area contributed by atoms with E-state index in [1.807, 2.05) is 53.7 Å². The fraction of sp³-hybridized carbons (Fsp3) is 0.824. The Kier molecular flexibility index (Phi) is 6.44. The van der Waals surface area contributed by atoms with Gasteiger partial charge >= 0.3 is 6.09 Å². The summed E-state index contributed by atoms with van der Waals surface area (Å²) in [6.45, 7) is 11.7. The van der Waals surface area contributed by atoms with E-state index in [-0.39, 0.29) is 17.2 Å². The molecule has 0 aromatic heterocycles. The van der Waals surface area contributed by atoms with E-state index < -0.39 is 18.3 Å². The summed E-state index contributed by atoms with van der Waals surface area (Å²) in [7, 11) is 0. The number of ether oxygens (including phenoxy) is 2. The summed E-state index contributed by atoms with van der Waals surface area (Å²) < 4.78 is 11.3. The van der Waals surface area contributed by atoms with Crippen molar-refractivity contribution < 1.29 is 19.4 Å². The first kappa shape index (κ1) is 19.0. The summed E-state index contributed by atoms with van der Waals surface area (Å²) in [5.41, 5.74) is -0.599. The average Bonchev–Trinajstić information content (AvgIpc) is 2.26. The zero-order valence-corrected chi connectivity index (χ0v) is 14.7. The van der Waals surface area contributed by atoms with E-state index in [0.29, 0.717) is 12.8 Å². The molecule has 1 aliphatic carbocycles. The maximum Gasteiger partial charge on any atom is 0.408 e. The van der Waals surface area contributed by atoms with Gasteiger partial charge in [0.25, 0.3) is 0 Å². The number of hydrogen-bond donors (Lipinski definition) is 2. The van der Waals surface area contributed by atoms with Gasteiger partial charge in [0.2, 0.25) is 0 Å². The first-order chi connectivity index (χ1) is 9.94. The third-order valence-corrected chi connectivity index (χ3v) is 3.07. The lowest BCUT2D eigenvalue weighted by molar-refractivity contribution is -0.0489. The largest absolute Gasteiger partial charge is 0.442 e. The van der Waals surface area contributed by atoms with Gasteiger partial charge in [-0.1, -0.05) is 6.08 Å². The SMILES string of the molecule is CC(C)(C)NC(=O)OC1/C=C/C(OC(C)(C)C)CCC(O)C1. The van der Waals surface area contributed by atoms with Crippen molar-refractivity contribution >= 4 is 6.09 Å². The van der Waals surface area contributed by atoms with Crippen LogP contribution in [0.3, 0.4) is 0 Å². The minimum Gasteiger partial charge on any atom is -0.442 e. The Hall–Kier alpha value is -1.07. The number of alkyl carbamates (subject to hydrolysis) is 1. The fourth-order valence-electron chi connectivity index (χ4n) is 2.28. The Morgan fingerprint density at radius 1 is 1.09 bits per heavy atom. The normalized spacial score (nSPS) is 28.4. The summed E-state index contributed by atoms with van der Waals surface area (Å²) in [5.74, 6) is 0. The highest BCUT2D eigenvalue weighted by molar-refractivity contribution is 5.68. The van der Waals surface area contributed by atoms with Crippen LogP contribution in [0.2, 0.25) is 0 Å². The summed E-state index contributed by atoms with van der Waals surface area (Å²) >= 11 is 0. The van der Waals surface area contributed by atoms with Crippen molar-refractivity contribution in [1.29, 1.82) is 0 Å². The van der Waals surface area contributed by atoms with Crippen LogP contribution >= 0.6 is 0 Å². The molecule has 1 rings (SSSR count). The lowest BCUT2D eigenvalue weighted by Crippen LogP contribution is -2.42. The van der Waals surface area contributed by atoms with Crippen molar-refractivity contribution in [3.8, 4) is 0 Å². The number of aliphatic hydroxyl groups is 1. The van der Waals surface area contributed by atoms with E-state index in [0.717, 1.165) is 6.42 Å². The van der Waals surface area contributed by atoms with Gasteiger partial charge in [0.15, 0.2) is 0 Å². The maximum absolute atomic E-state index is 11.9. The molecule has 22 heavy (non-hydrogen) atoms. The molecule has 3 unspecified atom stereocenters. The van der Waals surface area contributed by atoms with Gasteiger partial charge in [-0.25, -0.2) is 4.79 Å². The number of nitrogens with one attached hydrogen (secondary N) is 1. The molecular weight excluding hydrogens is 282 g/mol. The van der Waals surface area contributed by atoms with Crippen molar-refractivity contribution in [3.63, 3.8) is 0 Å². The Morgan fingerprint density at radius 2 is 1.68 bits per heavy atom. The molecule has 0 spiro atoms. The number of hydrogen-bond acceptors (Lipinski definition) is 4. The molecular formula is C17H31NO4. The number of carbonyl (C=O) groups excluding carboxylic acids is 1. The summed E-state index contributed by atoms with van der Waals surface area (Å²) in [4.78, 5) is 11.9. The van der Waals surface area contributed by atoms with Crippen LogP contribution in [0.5, 0.6) is 0 Å². The van der Waals surface area contributed by atoms with Crippen molar-refractivity contribution in [2.45, 2.75) is 90.3 Å². The first-order valence-electron chi connectivity index (χ1n) is 7.97. The highest BCUT2D eigenvalue weighted by atomic mass is 16.6. The second-order valence-electron chi connectivity index (χ2n) is 7.94. The van der Waals surface area contributed by atoms with Crippen LogP contribution in [0.15, 0.2) is 12.2 Å². The predicted octanol–water partition coefficient (Wildman–Crippen LogP) is 3.16. The molecule has 128 valence electrons. The Balaban J connectivity index is 2.67. The number of amides is 1. The monoisotopic (exact) mass is 313 g/mol. The lowest BCUT2D eigenvalue weighted by Gasteiger charge is -2.29. The quantitative estimate of drug-likeness (QED) is 0.768. The molecule has 3 atom stereocenters.